The van der Waals surface area contributed by atoms with Crippen molar-refractivity contribution in [1.82, 2.24) is 5.32 Å². The highest BCUT2D eigenvalue weighted by Gasteiger charge is 2.05. The van der Waals surface area contributed by atoms with E-state index in [1.54, 1.807) is 0 Å². The van der Waals surface area contributed by atoms with E-state index in [1.165, 1.54) is 0 Å². The molecule has 0 spiro atoms. The van der Waals surface area contributed by atoms with Gasteiger partial charge in [0.25, 0.3) is 0 Å². The predicted octanol–water partition coefficient (Wildman–Crippen LogP) is -0.680. The molecule has 4 nitrogen and oxygen atoms in total. The average Bonchev–Trinajstić information content (AvgIpc) is 1.87. The van der Waals surface area contributed by atoms with E-state index in [1.807, 2.05) is 0 Å². The molecular weight excluding hydrogens is 133 g/mol. The Hall–Kier alpha value is -0.0951. The third kappa shape index (κ3) is 7.90. The van der Waals surface area contributed by atoms with Crippen molar-refractivity contribution in [2.75, 3.05) is 13.3 Å². The lowest BCUT2D eigenvalue weighted by Gasteiger charge is -2.03. The summed E-state index contributed by atoms with van der Waals surface area (Å²) < 4.78 is 4.39. The molecule has 0 aromatic carbocycles. The van der Waals surface area contributed by atoms with Crippen molar-refractivity contribution in [1.29, 1.82) is 0 Å². The Balaban J connectivity index is 2.77. The fourth-order valence-corrected chi connectivity index (χ4v) is 0.507. The van der Waals surface area contributed by atoms with Crippen molar-refractivity contribution in [2.45, 2.75) is 19.8 Å². The molecule has 0 atom stereocenters. The minimum Gasteiger partial charge on any atom is -0.402 e. The van der Waals surface area contributed by atoms with Gasteiger partial charge in [-0.1, -0.05) is 13.3 Å². The summed E-state index contributed by atoms with van der Waals surface area (Å²) in [5.41, 5.74) is 0. The molecule has 60 valence electrons. The van der Waals surface area contributed by atoms with E-state index >= 15 is 0 Å². The van der Waals surface area contributed by atoms with Gasteiger partial charge in [-0.2, -0.15) is 0 Å². The van der Waals surface area contributed by atoms with Crippen LogP contribution in [0, 0.1) is 0 Å². The summed E-state index contributed by atoms with van der Waals surface area (Å²) in [6.07, 6.45) is 2.19. The first-order chi connectivity index (χ1) is 4.77. The fourth-order valence-electron chi connectivity index (χ4n) is 0.507. The van der Waals surface area contributed by atoms with Crippen molar-refractivity contribution >= 4 is 7.32 Å². The quantitative estimate of drug-likeness (QED) is 0.264. The van der Waals surface area contributed by atoms with Gasteiger partial charge in [0.05, 0.1) is 6.73 Å². The van der Waals surface area contributed by atoms with Crippen molar-refractivity contribution < 1.29 is 14.7 Å². The topological polar surface area (TPSA) is 61.7 Å². The molecule has 0 fully saturated rings. The van der Waals surface area contributed by atoms with Gasteiger partial charge in [0.1, 0.15) is 0 Å². The number of unbranched alkanes of at least 4 members (excludes halogenated alkanes) is 1. The smallest absolute Gasteiger partial charge is 0.402 e. The molecule has 0 rings (SSSR count). The number of nitrogens with one attached hydrogen (secondary N) is 1. The summed E-state index contributed by atoms with van der Waals surface area (Å²) in [5.74, 6) is 0. The van der Waals surface area contributed by atoms with Crippen molar-refractivity contribution in [3.8, 4) is 0 Å². The first-order valence-electron chi connectivity index (χ1n) is 3.45. The molecule has 5 heteroatoms. The summed E-state index contributed by atoms with van der Waals surface area (Å²) in [7, 11) is -1.66. The highest BCUT2D eigenvalue weighted by Crippen LogP contribution is 1.81. The van der Waals surface area contributed by atoms with E-state index in [4.69, 9.17) is 10.0 Å². The Morgan fingerprint density at radius 3 is 2.70 bits per heavy atom. The molecule has 0 heterocycles. The third-order valence-electron chi connectivity index (χ3n) is 1.04. The van der Waals surface area contributed by atoms with Gasteiger partial charge in [-0.15, -0.1) is 0 Å². The summed E-state index contributed by atoms with van der Waals surface area (Å²) in [4.78, 5) is 0. The second kappa shape index (κ2) is 7.02. The van der Waals surface area contributed by atoms with Crippen LogP contribution in [0.2, 0.25) is 0 Å². The number of rotatable bonds is 6. The van der Waals surface area contributed by atoms with Crippen LogP contribution in [0.4, 0.5) is 0 Å². The van der Waals surface area contributed by atoms with Crippen LogP contribution in [0.15, 0.2) is 0 Å². The zero-order valence-electron chi connectivity index (χ0n) is 6.21. The van der Waals surface area contributed by atoms with Gasteiger partial charge in [0, 0.05) is 0 Å². The monoisotopic (exact) mass is 147 g/mol. The number of hydrogen-bond acceptors (Lipinski definition) is 4. The molecule has 0 aliphatic rings. The van der Waals surface area contributed by atoms with Crippen molar-refractivity contribution in [3.63, 3.8) is 0 Å². The SMILES string of the molecule is CCCCNCOB(O)O. The maximum absolute atomic E-state index is 8.20. The Morgan fingerprint density at radius 2 is 2.20 bits per heavy atom. The summed E-state index contributed by atoms with van der Waals surface area (Å²) in [6.45, 7) is 3.13. The molecule has 0 aromatic heterocycles. The van der Waals surface area contributed by atoms with Crippen LogP contribution < -0.4 is 5.32 Å². The maximum atomic E-state index is 8.20. The molecule has 0 aromatic rings. The molecular formula is C5H14BNO3. The van der Waals surface area contributed by atoms with Gasteiger partial charge < -0.3 is 14.7 Å². The molecule has 0 amide bonds. The predicted molar refractivity (Wildman–Crippen MR) is 39.1 cm³/mol. The highest BCUT2D eigenvalue weighted by molar-refractivity contribution is 6.32. The Bertz CT molecular complexity index is 71.9. The van der Waals surface area contributed by atoms with Crippen LogP contribution >= 0.6 is 0 Å². The second-order valence-electron chi connectivity index (χ2n) is 1.99. The molecule has 0 aliphatic carbocycles. The molecule has 3 N–H and O–H groups in total. The molecule has 0 bridgehead atoms. The molecule has 0 aliphatic heterocycles. The highest BCUT2D eigenvalue weighted by atomic mass is 16.6. The first-order valence-corrected chi connectivity index (χ1v) is 3.45. The van der Waals surface area contributed by atoms with Crippen molar-refractivity contribution in [3.05, 3.63) is 0 Å². The van der Waals surface area contributed by atoms with Gasteiger partial charge in [0.15, 0.2) is 0 Å². The minimum atomic E-state index is -1.66. The maximum Gasteiger partial charge on any atom is 0.634 e. The minimum absolute atomic E-state index is 0.192. The molecule has 10 heavy (non-hydrogen) atoms. The molecule has 0 radical (unpaired) electrons. The average molecular weight is 147 g/mol. The Labute approximate surface area is 61.4 Å². The Kier molecular flexibility index (Phi) is 6.95. The first kappa shape index (κ1) is 9.90. The number of hydrogen-bond donors (Lipinski definition) is 3. The lowest BCUT2D eigenvalue weighted by atomic mass is 10.3. The Morgan fingerprint density at radius 1 is 1.50 bits per heavy atom. The second-order valence-corrected chi connectivity index (χ2v) is 1.99. The van der Waals surface area contributed by atoms with Crippen molar-refractivity contribution in [2.24, 2.45) is 0 Å². The van der Waals surface area contributed by atoms with Crippen LogP contribution in [0.3, 0.4) is 0 Å². The third-order valence-corrected chi connectivity index (χ3v) is 1.04. The zero-order valence-corrected chi connectivity index (χ0v) is 6.21. The van der Waals surface area contributed by atoms with Crippen LogP contribution in [-0.2, 0) is 4.65 Å². The van der Waals surface area contributed by atoms with Gasteiger partial charge in [-0.25, -0.2) is 0 Å². The van der Waals surface area contributed by atoms with E-state index in [9.17, 15) is 0 Å². The van der Waals surface area contributed by atoms with E-state index in [-0.39, 0.29) is 6.73 Å². The largest absolute Gasteiger partial charge is 0.634 e. The summed E-state index contributed by atoms with van der Waals surface area (Å²) in [5, 5.41) is 19.3. The molecule has 0 saturated carbocycles. The van der Waals surface area contributed by atoms with Gasteiger partial charge in [-0.3, -0.25) is 5.32 Å². The molecule has 0 unspecified atom stereocenters. The van der Waals surface area contributed by atoms with E-state index in [2.05, 4.69) is 16.9 Å². The fraction of sp³-hybridized carbons (Fsp3) is 1.00. The summed E-state index contributed by atoms with van der Waals surface area (Å²) >= 11 is 0. The van der Waals surface area contributed by atoms with Crippen LogP contribution in [0.1, 0.15) is 19.8 Å². The van der Waals surface area contributed by atoms with E-state index in [0.717, 1.165) is 19.4 Å². The van der Waals surface area contributed by atoms with Crippen LogP contribution in [-0.4, -0.2) is 30.6 Å². The van der Waals surface area contributed by atoms with Crippen LogP contribution in [0.25, 0.3) is 0 Å². The van der Waals surface area contributed by atoms with Gasteiger partial charge >= 0.3 is 7.32 Å². The lowest BCUT2D eigenvalue weighted by Crippen LogP contribution is -2.26. The van der Waals surface area contributed by atoms with Gasteiger partial charge in [0.2, 0.25) is 0 Å². The lowest BCUT2D eigenvalue weighted by molar-refractivity contribution is 0.171. The normalized spacial score (nSPS) is 9.90. The summed E-state index contributed by atoms with van der Waals surface area (Å²) in [6, 6.07) is 0. The standard InChI is InChI=1S/C5H14BNO3/c1-2-3-4-7-5-10-6(8)9/h7-9H,2-5H2,1H3. The zero-order chi connectivity index (χ0) is 7.82. The van der Waals surface area contributed by atoms with E-state index in [0.29, 0.717) is 0 Å². The van der Waals surface area contributed by atoms with E-state index < -0.39 is 7.32 Å². The van der Waals surface area contributed by atoms with Gasteiger partial charge in [-0.05, 0) is 13.0 Å². The molecule has 0 saturated heterocycles. The van der Waals surface area contributed by atoms with Crippen LogP contribution in [0.5, 0.6) is 0 Å².